The van der Waals surface area contributed by atoms with Crippen molar-refractivity contribution in [1.82, 2.24) is 0 Å². The summed E-state index contributed by atoms with van der Waals surface area (Å²) in [6.07, 6.45) is 46.1. The fourth-order valence-electron chi connectivity index (χ4n) is 10.7. The van der Waals surface area contributed by atoms with Gasteiger partial charge in [0.25, 0.3) is 0 Å². The van der Waals surface area contributed by atoms with Crippen LogP contribution < -0.4 is 0 Å². The minimum Gasteiger partial charge on any atom is -0.462 e. The lowest BCUT2D eigenvalue weighted by Gasteiger charge is -2.21. The minimum absolute atomic E-state index is 0.102. The predicted molar refractivity (Wildman–Crippen MR) is 363 cm³/mol. The lowest BCUT2D eigenvalue weighted by Crippen LogP contribution is -2.30. The molecular formula is C71H138O17P2. The molecule has 0 saturated carbocycles. The maximum atomic E-state index is 13.0. The van der Waals surface area contributed by atoms with Gasteiger partial charge >= 0.3 is 39.5 Å². The van der Waals surface area contributed by atoms with E-state index in [9.17, 15) is 43.2 Å². The van der Waals surface area contributed by atoms with Crippen LogP contribution in [-0.4, -0.2) is 96.7 Å². The second-order valence-corrected chi connectivity index (χ2v) is 30.0. The maximum Gasteiger partial charge on any atom is 0.472 e. The van der Waals surface area contributed by atoms with Gasteiger partial charge in [0.1, 0.15) is 19.3 Å². The zero-order valence-electron chi connectivity index (χ0n) is 58.6. The molecule has 0 amide bonds. The van der Waals surface area contributed by atoms with Crippen molar-refractivity contribution in [2.45, 2.75) is 375 Å². The number of esters is 4. The molecule has 3 N–H and O–H groups in total. The molecular weight excluding hydrogens is 1190 g/mol. The number of phosphoric acid groups is 2. The Balaban J connectivity index is 5.20. The van der Waals surface area contributed by atoms with Crippen LogP contribution in [0, 0.1) is 17.8 Å². The number of carbonyl (C=O) groups is 4. The highest BCUT2D eigenvalue weighted by Gasteiger charge is 2.30. The zero-order valence-corrected chi connectivity index (χ0v) is 60.4. The van der Waals surface area contributed by atoms with Crippen molar-refractivity contribution in [2.75, 3.05) is 39.6 Å². The van der Waals surface area contributed by atoms with E-state index in [4.69, 9.17) is 37.0 Å². The van der Waals surface area contributed by atoms with Gasteiger partial charge in [0, 0.05) is 25.7 Å². The number of aliphatic hydroxyl groups is 1. The van der Waals surface area contributed by atoms with E-state index in [0.29, 0.717) is 37.5 Å². The number of hydrogen-bond acceptors (Lipinski definition) is 15. The number of unbranched alkanes of at least 4 members (excludes halogenated alkanes) is 37. The van der Waals surface area contributed by atoms with Crippen LogP contribution in [0.25, 0.3) is 0 Å². The van der Waals surface area contributed by atoms with Gasteiger partial charge in [-0.3, -0.25) is 37.3 Å². The normalized spacial score (nSPS) is 14.2. The highest BCUT2D eigenvalue weighted by molar-refractivity contribution is 7.47. The molecule has 0 saturated heterocycles. The molecule has 0 aromatic carbocycles. The molecule has 0 aliphatic carbocycles. The standard InChI is InChI=1S/C71H138O17P2/c1-8-9-10-11-12-13-14-22-25-30-38-45-52-68(73)81-58-66(87-70(75)54-47-40-31-26-23-20-18-16-15-17-19-21-24-28-35-42-49-62(2)3)60-85-89(77,78)83-56-65(72)57-84-90(79,80)86-61-67(59-82-69(74)53-46-39-34-33-37-44-51-64(6)7)88-71(76)55-48-41-32-27-29-36-43-50-63(4)5/h62-67,72H,8-61H2,1-7H3,(H,77,78)(H,79,80)/t65-,66-,67-/m1/s1. The van der Waals surface area contributed by atoms with Crippen LogP contribution in [0.3, 0.4) is 0 Å². The SMILES string of the molecule is CCCCCCCCCCCCCCC(=O)OC[C@H](COP(=O)(O)OC[C@@H](O)COP(=O)(O)OC[C@@H](COC(=O)CCCCCCCCC(C)C)OC(=O)CCCCCCCCCC(C)C)OC(=O)CCCCCCCCCCCCCCCCCCC(C)C. The highest BCUT2D eigenvalue weighted by Crippen LogP contribution is 2.45. The average Bonchev–Trinajstić information content (AvgIpc) is 3.59. The summed E-state index contributed by atoms with van der Waals surface area (Å²) in [4.78, 5) is 72.5. The first-order valence-corrected chi connectivity index (χ1v) is 39.8. The van der Waals surface area contributed by atoms with Gasteiger partial charge in [-0.25, -0.2) is 9.13 Å². The van der Waals surface area contributed by atoms with Crippen LogP contribution in [0.2, 0.25) is 0 Å². The van der Waals surface area contributed by atoms with E-state index < -0.39 is 97.5 Å². The van der Waals surface area contributed by atoms with Crippen LogP contribution in [0.4, 0.5) is 0 Å². The first kappa shape index (κ1) is 88.1. The Labute approximate surface area is 549 Å². The van der Waals surface area contributed by atoms with Crippen molar-refractivity contribution in [3.8, 4) is 0 Å². The smallest absolute Gasteiger partial charge is 0.462 e. The number of rotatable bonds is 69. The van der Waals surface area contributed by atoms with Crippen LogP contribution in [0.5, 0.6) is 0 Å². The Hall–Kier alpha value is -1.94. The molecule has 0 fully saturated rings. The molecule has 0 rings (SSSR count). The molecule has 0 bridgehead atoms. The molecule has 0 heterocycles. The fourth-order valence-corrected chi connectivity index (χ4v) is 12.3. The van der Waals surface area contributed by atoms with E-state index in [-0.39, 0.29) is 25.7 Å². The van der Waals surface area contributed by atoms with E-state index >= 15 is 0 Å². The minimum atomic E-state index is -4.95. The molecule has 0 spiro atoms. The Morgan fingerprint density at radius 1 is 0.300 bits per heavy atom. The van der Waals surface area contributed by atoms with Crippen LogP contribution in [-0.2, 0) is 65.4 Å². The summed E-state index contributed by atoms with van der Waals surface area (Å²) in [5, 5.41) is 10.6. The lowest BCUT2D eigenvalue weighted by atomic mass is 10.0. The van der Waals surface area contributed by atoms with Crippen molar-refractivity contribution in [3.63, 3.8) is 0 Å². The van der Waals surface area contributed by atoms with Crippen molar-refractivity contribution < 1.29 is 80.2 Å². The van der Waals surface area contributed by atoms with Crippen LogP contribution in [0.1, 0.15) is 357 Å². The molecule has 2 unspecified atom stereocenters. The van der Waals surface area contributed by atoms with Gasteiger partial charge in [-0.05, 0) is 43.4 Å². The molecule has 0 aliphatic heterocycles. The zero-order chi connectivity index (χ0) is 66.6. The highest BCUT2D eigenvalue weighted by atomic mass is 31.2. The van der Waals surface area contributed by atoms with Gasteiger partial charge in [-0.15, -0.1) is 0 Å². The molecule has 90 heavy (non-hydrogen) atoms. The summed E-state index contributed by atoms with van der Waals surface area (Å²) >= 11 is 0. The number of ether oxygens (including phenoxy) is 4. The van der Waals surface area contributed by atoms with E-state index in [0.717, 1.165) is 102 Å². The van der Waals surface area contributed by atoms with Gasteiger partial charge in [0.2, 0.25) is 0 Å². The van der Waals surface area contributed by atoms with Crippen LogP contribution >= 0.6 is 15.6 Å². The molecule has 0 aliphatic rings. The van der Waals surface area contributed by atoms with Gasteiger partial charge in [-0.1, -0.05) is 305 Å². The predicted octanol–water partition coefficient (Wildman–Crippen LogP) is 20.2. The summed E-state index contributed by atoms with van der Waals surface area (Å²) in [7, 11) is -9.90. The Bertz CT molecular complexity index is 1770. The topological polar surface area (TPSA) is 237 Å². The van der Waals surface area contributed by atoms with E-state index in [1.807, 2.05) is 0 Å². The Morgan fingerprint density at radius 3 is 0.756 bits per heavy atom. The lowest BCUT2D eigenvalue weighted by molar-refractivity contribution is -0.161. The third-order valence-electron chi connectivity index (χ3n) is 16.4. The molecule has 0 aromatic rings. The summed E-state index contributed by atoms with van der Waals surface area (Å²) < 4.78 is 68.2. The van der Waals surface area contributed by atoms with Gasteiger partial charge in [0.15, 0.2) is 12.2 Å². The van der Waals surface area contributed by atoms with E-state index in [1.54, 1.807) is 0 Å². The van der Waals surface area contributed by atoms with Crippen molar-refractivity contribution in [1.29, 1.82) is 0 Å². The van der Waals surface area contributed by atoms with Crippen molar-refractivity contribution in [2.24, 2.45) is 17.8 Å². The first-order chi connectivity index (χ1) is 43.2. The molecule has 19 heteroatoms. The maximum absolute atomic E-state index is 13.0. The first-order valence-electron chi connectivity index (χ1n) is 36.8. The summed E-state index contributed by atoms with van der Waals surface area (Å²) in [5.74, 6) is 0.0558. The summed E-state index contributed by atoms with van der Waals surface area (Å²) in [6.45, 7) is 11.7. The Kier molecular flexibility index (Phi) is 60.6. The number of hydrogen-bond donors (Lipinski definition) is 3. The molecule has 17 nitrogen and oxygen atoms in total. The summed E-state index contributed by atoms with van der Waals surface area (Å²) in [6, 6.07) is 0. The number of aliphatic hydroxyl groups excluding tert-OH is 1. The Morgan fingerprint density at radius 2 is 0.511 bits per heavy atom. The quantitative estimate of drug-likeness (QED) is 0.0222. The van der Waals surface area contributed by atoms with Gasteiger partial charge in [-0.2, -0.15) is 0 Å². The summed E-state index contributed by atoms with van der Waals surface area (Å²) in [5.41, 5.74) is 0. The van der Waals surface area contributed by atoms with Crippen LogP contribution in [0.15, 0.2) is 0 Å². The third-order valence-corrected chi connectivity index (χ3v) is 18.3. The molecule has 5 atom stereocenters. The monoisotopic (exact) mass is 1320 g/mol. The van der Waals surface area contributed by atoms with Gasteiger partial charge < -0.3 is 33.8 Å². The fraction of sp³-hybridized carbons (Fsp3) is 0.944. The van der Waals surface area contributed by atoms with Crippen molar-refractivity contribution >= 4 is 39.5 Å². The average molecular weight is 1330 g/mol. The molecule has 0 aromatic heterocycles. The third kappa shape index (κ3) is 64.8. The molecule has 534 valence electrons. The second kappa shape index (κ2) is 61.9. The number of carbonyl (C=O) groups excluding carboxylic acids is 4. The van der Waals surface area contributed by atoms with Gasteiger partial charge in [0.05, 0.1) is 26.4 Å². The van der Waals surface area contributed by atoms with E-state index in [1.165, 1.54) is 161 Å². The second-order valence-electron chi connectivity index (χ2n) is 27.1. The van der Waals surface area contributed by atoms with E-state index in [2.05, 4.69) is 48.5 Å². The molecule has 0 radical (unpaired) electrons. The largest absolute Gasteiger partial charge is 0.472 e. The van der Waals surface area contributed by atoms with Crippen molar-refractivity contribution in [3.05, 3.63) is 0 Å². The number of phosphoric ester groups is 2.